The van der Waals surface area contributed by atoms with Crippen molar-refractivity contribution in [2.45, 2.75) is 33.3 Å². The fourth-order valence-corrected chi connectivity index (χ4v) is 2.53. The maximum Gasteiger partial charge on any atom is 0.412 e. The summed E-state index contributed by atoms with van der Waals surface area (Å²) in [5, 5.41) is 11.2. The highest BCUT2D eigenvalue weighted by molar-refractivity contribution is 5.91. The lowest BCUT2D eigenvalue weighted by molar-refractivity contribution is 0.0636. The number of aromatic nitrogens is 4. The van der Waals surface area contributed by atoms with Crippen LogP contribution >= 0.6 is 0 Å². The van der Waals surface area contributed by atoms with Crippen molar-refractivity contribution in [2.75, 3.05) is 16.4 Å². The molecule has 0 unspecified atom stereocenters. The third-order valence-electron chi connectivity index (χ3n) is 3.73. The first-order valence-electron chi connectivity index (χ1n) is 8.45. The molecule has 0 aliphatic heterocycles. The number of anilines is 4. The van der Waals surface area contributed by atoms with Crippen molar-refractivity contribution in [3.05, 3.63) is 30.0 Å². The van der Waals surface area contributed by atoms with Crippen LogP contribution in [0.15, 0.2) is 24.4 Å². The third-order valence-corrected chi connectivity index (χ3v) is 3.73. The van der Waals surface area contributed by atoms with Gasteiger partial charge in [0.25, 0.3) is 0 Å². The molecule has 27 heavy (non-hydrogen) atoms. The van der Waals surface area contributed by atoms with Gasteiger partial charge in [0.2, 0.25) is 5.95 Å². The lowest BCUT2D eigenvalue weighted by atomic mass is 10.1. The second-order valence-electron chi connectivity index (χ2n) is 7.22. The molecule has 3 rings (SSSR count). The van der Waals surface area contributed by atoms with Crippen LogP contribution in [0.4, 0.5) is 27.9 Å². The number of nitrogens with zero attached hydrogens (tertiary/aromatic N) is 4. The SMILES string of the molecule is Cc1ccc(NC(=O)OC(C)(C)C)cc1Nc1nn(C)c2nc(N)ncc12. The van der Waals surface area contributed by atoms with E-state index in [0.29, 0.717) is 17.2 Å². The van der Waals surface area contributed by atoms with E-state index in [9.17, 15) is 4.79 Å². The highest BCUT2D eigenvalue weighted by atomic mass is 16.6. The van der Waals surface area contributed by atoms with E-state index in [1.165, 1.54) is 0 Å². The number of nitrogens with one attached hydrogen (secondary N) is 2. The average Bonchev–Trinajstić information content (AvgIpc) is 2.84. The Labute approximate surface area is 156 Å². The predicted octanol–water partition coefficient (Wildman–Crippen LogP) is 3.34. The van der Waals surface area contributed by atoms with Gasteiger partial charge in [0.15, 0.2) is 11.5 Å². The van der Waals surface area contributed by atoms with Gasteiger partial charge in [-0.3, -0.25) is 5.32 Å². The largest absolute Gasteiger partial charge is 0.444 e. The maximum atomic E-state index is 12.0. The molecule has 0 radical (unpaired) electrons. The summed E-state index contributed by atoms with van der Waals surface area (Å²) in [5.41, 5.74) is 8.11. The molecule has 0 fully saturated rings. The van der Waals surface area contributed by atoms with Crippen LogP contribution in [-0.4, -0.2) is 31.4 Å². The van der Waals surface area contributed by atoms with Crippen molar-refractivity contribution in [1.82, 2.24) is 19.7 Å². The molecule has 1 amide bonds. The topological polar surface area (TPSA) is 120 Å². The Balaban J connectivity index is 1.86. The van der Waals surface area contributed by atoms with Gasteiger partial charge in [-0.15, -0.1) is 0 Å². The van der Waals surface area contributed by atoms with Crippen LogP contribution in [0.3, 0.4) is 0 Å². The molecule has 0 atom stereocenters. The monoisotopic (exact) mass is 369 g/mol. The molecule has 0 aliphatic rings. The number of nitrogen functional groups attached to an aromatic ring is 1. The van der Waals surface area contributed by atoms with Gasteiger partial charge in [-0.2, -0.15) is 10.1 Å². The lowest BCUT2D eigenvalue weighted by Crippen LogP contribution is -2.27. The van der Waals surface area contributed by atoms with E-state index in [0.717, 1.165) is 16.6 Å². The number of carbonyl (C=O) groups excluding carboxylic acids is 1. The van der Waals surface area contributed by atoms with Crippen LogP contribution in [0.2, 0.25) is 0 Å². The number of carbonyl (C=O) groups is 1. The van der Waals surface area contributed by atoms with Crippen molar-refractivity contribution in [3.8, 4) is 0 Å². The highest BCUT2D eigenvalue weighted by Crippen LogP contribution is 2.28. The summed E-state index contributed by atoms with van der Waals surface area (Å²) in [5.74, 6) is 0.793. The number of ether oxygens (including phenoxy) is 1. The molecule has 142 valence electrons. The molecule has 1 aromatic carbocycles. The zero-order chi connectivity index (χ0) is 19.8. The summed E-state index contributed by atoms with van der Waals surface area (Å²) in [6.45, 7) is 7.40. The van der Waals surface area contributed by atoms with E-state index in [4.69, 9.17) is 10.5 Å². The van der Waals surface area contributed by atoms with Gasteiger partial charge in [0.1, 0.15) is 5.60 Å². The summed E-state index contributed by atoms with van der Waals surface area (Å²) in [6, 6.07) is 5.53. The molecule has 3 aromatic rings. The second kappa shape index (κ2) is 6.75. The molecule has 9 heteroatoms. The van der Waals surface area contributed by atoms with E-state index >= 15 is 0 Å². The fraction of sp³-hybridized carbons (Fsp3) is 0.333. The Kier molecular flexibility index (Phi) is 4.61. The standard InChI is InChI=1S/C18H23N7O2/c1-10-6-7-11(21-17(26)27-18(2,3)4)8-13(10)22-14-12-9-20-16(19)23-15(12)25(5)24-14/h6-9H,1-5H3,(H,21,26)(H,22,24)(H2,19,20,23). The Morgan fingerprint density at radius 2 is 2.04 bits per heavy atom. The molecule has 0 bridgehead atoms. The minimum absolute atomic E-state index is 0.191. The highest BCUT2D eigenvalue weighted by Gasteiger charge is 2.17. The normalized spacial score (nSPS) is 11.4. The van der Waals surface area contributed by atoms with Gasteiger partial charge in [-0.25, -0.2) is 14.5 Å². The van der Waals surface area contributed by atoms with Gasteiger partial charge in [-0.1, -0.05) is 6.07 Å². The van der Waals surface area contributed by atoms with Crippen LogP contribution in [0, 0.1) is 6.92 Å². The summed E-state index contributed by atoms with van der Waals surface area (Å²) in [7, 11) is 1.79. The Morgan fingerprint density at radius 1 is 1.30 bits per heavy atom. The van der Waals surface area contributed by atoms with Crippen molar-refractivity contribution < 1.29 is 9.53 Å². The van der Waals surface area contributed by atoms with Crippen LogP contribution in [-0.2, 0) is 11.8 Å². The summed E-state index contributed by atoms with van der Waals surface area (Å²) in [6.07, 6.45) is 1.12. The number of hydrogen-bond acceptors (Lipinski definition) is 7. The van der Waals surface area contributed by atoms with Gasteiger partial charge >= 0.3 is 6.09 Å². The Bertz CT molecular complexity index is 1000. The number of benzene rings is 1. The molecule has 2 heterocycles. The molecular formula is C18H23N7O2. The molecule has 0 spiro atoms. The van der Waals surface area contributed by atoms with Crippen LogP contribution in [0.5, 0.6) is 0 Å². The lowest BCUT2D eigenvalue weighted by Gasteiger charge is -2.20. The molecule has 2 aromatic heterocycles. The average molecular weight is 369 g/mol. The predicted molar refractivity (Wildman–Crippen MR) is 105 cm³/mol. The van der Waals surface area contributed by atoms with Crippen LogP contribution in [0.1, 0.15) is 26.3 Å². The maximum absolute atomic E-state index is 12.0. The number of aryl methyl sites for hydroxylation is 2. The third kappa shape index (κ3) is 4.25. The van der Waals surface area contributed by atoms with Crippen LogP contribution < -0.4 is 16.4 Å². The van der Waals surface area contributed by atoms with E-state index < -0.39 is 11.7 Å². The van der Waals surface area contributed by atoms with Crippen molar-refractivity contribution in [1.29, 1.82) is 0 Å². The minimum Gasteiger partial charge on any atom is -0.444 e. The number of fused-ring (bicyclic) bond motifs is 1. The first-order valence-corrected chi connectivity index (χ1v) is 8.45. The number of amides is 1. The Morgan fingerprint density at radius 3 is 2.74 bits per heavy atom. The minimum atomic E-state index is -0.565. The first kappa shape index (κ1) is 18.4. The molecule has 0 saturated heterocycles. The molecule has 9 nitrogen and oxygen atoms in total. The second-order valence-corrected chi connectivity index (χ2v) is 7.22. The van der Waals surface area contributed by atoms with Gasteiger partial charge in [0, 0.05) is 24.6 Å². The summed E-state index contributed by atoms with van der Waals surface area (Å²) < 4.78 is 6.92. The molecular weight excluding hydrogens is 346 g/mol. The van der Waals surface area contributed by atoms with Crippen molar-refractivity contribution >= 4 is 40.3 Å². The Hall–Kier alpha value is -3.36. The van der Waals surface area contributed by atoms with Gasteiger partial charge < -0.3 is 15.8 Å². The zero-order valence-corrected chi connectivity index (χ0v) is 16.0. The van der Waals surface area contributed by atoms with Crippen LogP contribution in [0.25, 0.3) is 11.0 Å². The quantitative estimate of drug-likeness (QED) is 0.647. The van der Waals surface area contributed by atoms with Crippen molar-refractivity contribution in [3.63, 3.8) is 0 Å². The number of nitrogens with two attached hydrogens (primary N) is 1. The molecule has 4 N–H and O–H groups in total. The zero-order valence-electron chi connectivity index (χ0n) is 16.0. The smallest absolute Gasteiger partial charge is 0.412 e. The van der Waals surface area contributed by atoms with Gasteiger partial charge in [0.05, 0.1) is 5.39 Å². The number of hydrogen-bond donors (Lipinski definition) is 3. The summed E-state index contributed by atoms with van der Waals surface area (Å²) >= 11 is 0. The fourth-order valence-electron chi connectivity index (χ4n) is 2.53. The first-order chi connectivity index (χ1) is 12.6. The van der Waals surface area contributed by atoms with E-state index in [1.54, 1.807) is 17.9 Å². The molecule has 0 aliphatic carbocycles. The van der Waals surface area contributed by atoms with E-state index in [2.05, 4.69) is 25.7 Å². The van der Waals surface area contributed by atoms with Gasteiger partial charge in [-0.05, 0) is 45.4 Å². The molecule has 0 saturated carbocycles. The van der Waals surface area contributed by atoms with E-state index in [1.807, 2.05) is 45.9 Å². The van der Waals surface area contributed by atoms with Crippen molar-refractivity contribution in [2.24, 2.45) is 7.05 Å². The van der Waals surface area contributed by atoms with E-state index in [-0.39, 0.29) is 5.95 Å². The summed E-state index contributed by atoms with van der Waals surface area (Å²) in [4.78, 5) is 20.2. The number of rotatable bonds is 3.